The highest BCUT2D eigenvalue weighted by atomic mass is 32.2. The number of primary amides is 1. The Hall–Kier alpha value is -1.90. The molecule has 0 spiro atoms. The van der Waals surface area contributed by atoms with E-state index in [0.29, 0.717) is 38.2 Å². The van der Waals surface area contributed by atoms with E-state index in [4.69, 9.17) is 5.73 Å². The van der Waals surface area contributed by atoms with Gasteiger partial charge in [-0.2, -0.15) is 13.2 Å². The molecule has 126 valence electrons. The van der Waals surface area contributed by atoms with Crippen LogP contribution < -0.4 is 5.73 Å². The number of benzene rings is 1. The Labute approximate surface area is 135 Å². The first-order valence-corrected chi connectivity index (χ1v) is 7.77. The molecule has 1 saturated heterocycles. The van der Waals surface area contributed by atoms with Gasteiger partial charge in [0.15, 0.2) is 0 Å². The number of alkyl halides is 3. The van der Waals surface area contributed by atoms with Crippen molar-refractivity contribution in [2.45, 2.75) is 16.8 Å². The molecule has 9 heteroatoms. The van der Waals surface area contributed by atoms with E-state index in [1.807, 2.05) is 0 Å². The van der Waals surface area contributed by atoms with Crippen LogP contribution >= 0.6 is 11.8 Å². The van der Waals surface area contributed by atoms with E-state index in [2.05, 4.69) is 0 Å². The third-order valence-electron chi connectivity index (χ3n) is 3.43. The average molecular weight is 347 g/mol. The van der Waals surface area contributed by atoms with Gasteiger partial charge in [0.2, 0.25) is 0 Å². The van der Waals surface area contributed by atoms with Gasteiger partial charge in [-0.15, -0.1) is 0 Å². The van der Waals surface area contributed by atoms with Crippen LogP contribution in [0.3, 0.4) is 0 Å². The Balaban J connectivity index is 2.01. The minimum absolute atomic E-state index is 0.0322. The molecule has 1 aromatic rings. The van der Waals surface area contributed by atoms with Gasteiger partial charge >= 0.3 is 11.5 Å². The Morgan fingerprint density at radius 2 is 1.57 bits per heavy atom. The number of hydrogen-bond donors (Lipinski definition) is 1. The summed E-state index contributed by atoms with van der Waals surface area (Å²) in [4.78, 5) is 26.6. The lowest BCUT2D eigenvalue weighted by Gasteiger charge is -2.21. The highest BCUT2D eigenvalue weighted by molar-refractivity contribution is 8.00. The van der Waals surface area contributed by atoms with E-state index < -0.39 is 11.5 Å². The Bertz CT molecular complexity index is 578. The Kier molecular flexibility index (Phi) is 5.40. The summed E-state index contributed by atoms with van der Waals surface area (Å²) in [5.74, 6) is -0.264. The third-order valence-corrected chi connectivity index (χ3v) is 4.17. The van der Waals surface area contributed by atoms with E-state index in [1.54, 1.807) is 4.90 Å². The summed E-state index contributed by atoms with van der Waals surface area (Å²) in [5, 5.41) is 0. The van der Waals surface area contributed by atoms with Crippen LogP contribution in [0.2, 0.25) is 0 Å². The van der Waals surface area contributed by atoms with Crippen molar-refractivity contribution in [1.82, 2.24) is 9.80 Å². The quantitative estimate of drug-likeness (QED) is 0.836. The maximum absolute atomic E-state index is 12.4. The summed E-state index contributed by atoms with van der Waals surface area (Å²) in [5.41, 5.74) is 1.20. The van der Waals surface area contributed by atoms with Crippen LogP contribution in [0.4, 0.5) is 18.0 Å². The van der Waals surface area contributed by atoms with Crippen molar-refractivity contribution in [2.24, 2.45) is 5.73 Å². The van der Waals surface area contributed by atoms with Gasteiger partial charge in [-0.3, -0.25) is 4.79 Å². The number of amides is 3. The molecule has 2 rings (SSSR count). The zero-order valence-corrected chi connectivity index (χ0v) is 13.0. The zero-order valence-electron chi connectivity index (χ0n) is 12.2. The average Bonchev–Trinajstić information content (AvgIpc) is 2.71. The molecular formula is C14H16F3N3O2S. The van der Waals surface area contributed by atoms with Crippen LogP contribution in [-0.2, 0) is 0 Å². The molecule has 0 atom stereocenters. The van der Waals surface area contributed by atoms with Gasteiger partial charge < -0.3 is 15.5 Å². The van der Waals surface area contributed by atoms with Gasteiger partial charge in [0.1, 0.15) is 0 Å². The van der Waals surface area contributed by atoms with Crippen molar-refractivity contribution < 1.29 is 22.8 Å². The van der Waals surface area contributed by atoms with Crippen molar-refractivity contribution in [2.75, 3.05) is 26.2 Å². The van der Waals surface area contributed by atoms with Crippen molar-refractivity contribution in [3.05, 3.63) is 29.8 Å². The van der Waals surface area contributed by atoms with Crippen molar-refractivity contribution in [3.8, 4) is 0 Å². The monoisotopic (exact) mass is 347 g/mol. The molecule has 5 nitrogen and oxygen atoms in total. The molecule has 0 bridgehead atoms. The van der Waals surface area contributed by atoms with Gasteiger partial charge in [-0.05, 0) is 42.4 Å². The predicted molar refractivity (Wildman–Crippen MR) is 80.0 cm³/mol. The first-order chi connectivity index (χ1) is 10.8. The van der Waals surface area contributed by atoms with E-state index >= 15 is 0 Å². The van der Waals surface area contributed by atoms with Crippen molar-refractivity contribution in [3.63, 3.8) is 0 Å². The van der Waals surface area contributed by atoms with E-state index in [-0.39, 0.29) is 22.6 Å². The third kappa shape index (κ3) is 5.05. The standard InChI is InChI=1S/C14H16F3N3O2S/c15-14(16,17)23-11-4-2-10(3-5-11)12(21)19-6-1-7-20(9-8-19)13(18)22/h2-5H,1,6-9H2,(H2,18,22). The molecule has 0 aromatic heterocycles. The molecular weight excluding hydrogens is 331 g/mol. The van der Waals surface area contributed by atoms with Crippen LogP contribution in [0.5, 0.6) is 0 Å². The van der Waals surface area contributed by atoms with Crippen LogP contribution in [0.25, 0.3) is 0 Å². The lowest BCUT2D eigenvalue weighted by molar-refractivity contribution is -0.0328. The molecule has 1 aromatic carbocycles. The molecule has 1 aliphatic rings. The summed E-state index contributed by atoms with van der Waals surface area (Å²) in [6.07, 6.45) is 0.608. The molecule has 0 unspecified atom stereocenters. The molecule has 0 radical (unpaired) electrons. The molecule has 23 heavy (non-hydrogen) atoms. The predicted octanol–water partition coefficient (Wildman–Crippen LogP) is 2.53. The largest absolute Gasteiger partial charge is 0.446 e. The number of thioether (sulfide) groups is 1. The van der Waals surface area contributed by atoms with E-state index in [1.165, 1.54) is 29.2 Å². The van der Waals surface area contributed by atoms with Gasteiger partial charge in [0.05, 0.1) is 0 Å². The Morgan fingerprint density at radius 1 is 1.00 bits per heavy atom. The van der Waals surface area contributed by atoms with Crippen LogP contribution in [-0.4, -0.2) is 53.4 Å². The number of hydrogen-bond acceptors (Lipinski definition) is 3. The van der Waals surface area contributed by atoms with Crippen molar-refractivity contribution in [1.29, 1.82) is 0 Å². The van der Waals surface area contributed by atoms with Gasteiger partial charge in [-0.1, -0.05) is 0 Å². The zero-order chi connectivity index (χ0) is 17.0. The summed E-state index contributed by atoms with van der Waals surface area (Å²) < 4.78 is 36.9. The number of rotatable bonds is 2. The molecule has 2 N–H and O–H groups in total. The van der Waals surface area contributed by atoms with Crippen LogP contribution in [0.1, 0.15) is 16.8 Å². The lowest BCUT2D eigenvalue weighted by atomic mass is 10.2. The summed E-state index contributed by atoms with van der Waals surface area (Å²) >= 11 is -0.219. The van der Waals surface area contributed by atoms with Gasteiger partial charge in [-0.25, -0.2) is 4.79 Å². The molecule has 0 saturated carbocycles. The second kappa shape index (κ2) is 7.12. The summed E-state index contributed by atoms with van der Waals surface area (Å²) in [6.45, 7) is 1.66. The minimum Gasteiger partial charge on any atom is -0.351 e. The van der Waals surface area contributed by atoms with Crippen LogP contribution in [0.15, 0.2) is 29.2 Å². The number of urea groups is 1. The fourth-order valence-electron chi connectivity index (χ4n) is 2.32. The number of nitrogens with zero attached hydrogens (tertiary/aromatic N) is 2. The smallest absolute Gasteiger partial charge is 0.351 e. The first-order valence-electron chi connectivity index (χ1n) is 6.96. The fraction of sp³-hybridized carbons (Fsp3) is 0.429. The molecule has 0 aliphatic carbocycles. The maximum atomic E-state index is 12.4. The van der Waals surface area contributed by atoms with Gasteiger partial charge in [0, 0.05) is 36.6 Å². The van der Waals surface area contributed by atoms with E-state index in [0.717, 1.165) is 0 Å². The minimum atomic E-state index is -4.35. The van der Waals surface area contributed by atoms with E-state index in [9.17, 15) is 22.8 Å². The number of carbonyl (C=O) groups is 2. The number of halogens is 3. The highest BCUT2D eigenvalue weighted by Crippen LogP contribution is 2.36. The summed E-state index contributed by atoms with van der Waals surface area (Å²) in [7, 11) is 0. The maximum Gasteiger partial charge on any atom is 0.446 e. The fourth-order valence-corrected chi connectivity index (χ4v) is 2.86. The van der Waals surface area contributed by atoms with Gasteiger partial charge in [0.25, 0.3) is 5.91 Å². The number of nitrogens with two attached hydrogens (primary N) is 1. The number of carbonyl (C=O) groups excluding carboxylic acids is 2. The first kappa shape index (κ1) is 17.5. The molecule has 1 fully saturated rings. The Morgan fingerprint density at radius 3 is 2.13 bits per heavy atom. The van der Waals surface area contributed by atoms with Crippen LogP contribution in [0, 0.1) is 0 Å². The molecule has 1 heterocycles. The van der Waals surface area contributed by atoms with Crippen molar-refractivity contribution >= 4 is 23.7 Å². The summed E-state index contributed by atoms with van der Waals surface area (Å²) in [6, 6.07) is 4.80. The second-order valence-corrected chi connectivity index (χ2v) is 6.18. The normalized spacial score (nSPS) is 16.1. The SMILES string of the molecule is NC(=O)N1CCCN(C(=O)c2ccc(SC(F)(F)F)cc2)CC1. The molecule has 1 aliphatic heterocycles. The highest BCUT2D eigenvalue weighted by Gasteiger charge is 2.29. The lowest BCUT2D eigenvalue weighted by Crippen LogP contribution is -2.39. The second-order valence-electron chi connectivity index (χ2n) is 5.04. The topological polar surface area (TPSA) is 66.6 Å². The molecule has 3 amide bonds.